The highest BCUT2D eigenvalue weighted by Crippen LogP contribution is 2.55. The maximum Gasteiger partial charge on any atom is 0.416 e. The van der Waals surface area contributed by atoms with E-state index in [4.69, 9.17) is 0 Å². The normalized spacial score (nSPS) is 32.8. The minimum atomic E-state index is -4.40. The summed E-state index contributed by atoms with van der Waals surface area (Å²) in [5.41, 5.74) is 1.83. The minimum Gasteiger partial charge on any atom is -0.331 e. The minimum absolute atomic E-state index is 0.120. The molecule has 2 amide bonds. The molecule has 1 aromatic carbocycles. The van der Waals surface area contributed by atoms with E-state index < -0.39 is 11.7 Å². The van der Waals surface area contributed by atoms with Crippen LogP contribution in [0.5, 0.6) is 0 Å². The Morgan fingerprint density at radius 1 is 1.12 bits per heavy atom. The van der Waals surface area contributed by atoms with Crippen LogP contribution in [0.2, 0.25) is 0 Å². The number of amides is 2. The van der Waals surface area contributed by atoms with Crippen LogP contribution in [0.15, 0.2) is 29.4 Å². The van der Waals surface area contributed by atoms with Gasteiger partial charge in [0.15, 0.2) is 0 Å². The van der Waals surface area contributed by atoms with Crippen molar-refractivity contribution in [2.75, 3.05) is 0 Å². The predicted octanol–water partition coefficient (Wildman–Crippen LogP) is 4.31. The van der Waals surface area contributed by atoms with Crippen molar-refractivity contribution < 1.29 is 18.0 Å². The second kappa shape index (κ2) is 6.28. The van der Waals surface area contributed by atoms with Crippen LogP contribution in [0.4, 0.5) is 18.0 Å². The number of carbonyl (C=O) groups is 1. The number of benzene rings is 1. The van der Waals surface area contributed by atoms with E-state index >= 15 is 0 Å². The van der Waals surface area contributed by atoms with Gasteiger partial charge in [0, 0.05) is 5.54 Å². The first kappa shape index (κ1) is 17.4. The molecule has 0 unspecified atom stereocenters. The third-order valence-corrected chi connectivity index (χ3v) is 6.01. The molecular weight excluding hydrogens is 343 g/mol. The molecule has 4 nitrogen and oxygen atoms in total. The largest absolute Gasteiger partial charge is 0.416 e. The van der Waals surface area contributed by atoms with Gasteiger partial charge in [0.25, 0.3) is 0 Å². The lowest BCUT2D eigenvalue weighted by atomic mass is 9.53. The van der Waals surface area contributed by atoms with Gasteiger partial charge in [0.2, 0.25) is 0 Å². The molecule has 0 radical (unpaired) electrons. The van der Waals surface area contributed by atoms with E-state index in [1.807, 2.05) is 0 Å². The summed E-state index contributed by atoms with van der Waals surface area (Å²) in [4.78, 5) is 12.2. The van der Waals surface area contributed by atoms with E-state index in [2.05, 4.69) is 15.8 Å². The van der Waals surface area contributed by atoms with E-state index in [1.54, 1.807) is 0 Å². The van der Waals surface area contributed by atoms with Gasteiger partial charge in [0.05, 0.1) is 11.8 Å². The van der Waals surface area contributed by atoms with Gasteiger partial charge >= 0.3 is 12.2 Å². The van der Waals surface area contributed by atoms with Crippen molar-refractivity contribution in [3.63, 3.8) is 0 Å². The van der Waals surface area contributed by atoms with E-state index in [-0.39, 0.29) is 17.1 Å². The number of hydrogen-bond acceptors (Lipinski definition) is 2. The quantitative estimate of drug-likeness (QED) is 0.609. The lowest BCUT2D eigenvalue weighted by Gasteiger charge is -2.56. The van der Waals surface area contributed by atoms with Crippen LogP contribution in [-0.2, 0) is 6.18 Å². The Kier molecular flexibility index (Phi) is 4.20. The van der Waals surface area contributed by atoms with Gasteiger partial charge in [-0.1, -0.05) is 12.1 Å². The van der Waals surface area contributed by atoms with E-state index in [9.17, 15) is 18.0 Å². The monoisotopic (exact) mass is 365 g/mol. The standard InChI is InChI=1S/C19H22F3N3O/c20-19(21,22)16-3-1-2-12(7-16)11-23-25-17(26)24-18-8-13-4-14(9-18)6-15(5-13)10-18/h1-3,7,11,13-15H,4-6,8-10H2,(H2,24,25,26)/b23-11-. The summed E-state index contributed by atoms with van der Waals surface area (Å²) in [5, 5.41) is 6.91. The van der Waals surface area contributed by atoms with Crippen LogP contribution in [0.25, 0.3) is 0 Å². The van der Waals surface area contributed by atoms with Crippen LogP contribution in [0.3, 0.4) is 0 Å². The van der Waals surface area contributed by atoms with Crippen LogP contribution in [-0.4, -0.2) is 17.8 Å². The number of hydrogen-bond donors (Lipinski definition) is 2. The average Bonchev–Trinajstić information content (AvgIpc) is 2.52. The molecule has 4 saturated carbocycles. The van der Waals surface area contributed by atoms with Crippen molar-refractivity contribution in [1.29, 1.82) is 0 Å². The van der Waals surface area contributed by atoms with Crippen molar-refractivity contribution in [2.45, 2.75) is 50.2 Å². The number of carbonyl (C=O) groups excluding carboxylic acids is 1. The maximum absolute atomic E-state index is 12.7. The molecule has 7 heteroatoms. The molecule has 4 bridgehead atoms. The van der Waals surface area contributed by atoms with Gasteiger partial charge in [-0.25, -0.2) is 10.2 Å². The average molecular weight is 365 g/mol. The highest BCUT2D eigenvalue weighted by molar-refractivity contribution is 5.82. The first-order chi connectivity index (χ1) is 12.3. The molecule has 0 aliphatic heterocycles. The van der Waals surface area contributed by atoms with Crippen LogP contribution >= 0.6 is 0 Å². The Balaban J connectivity index is 1.35. The molecule has 0 saturated heterocycles. The van der Waals surface area contributed by atoms with Crippen molar-refractivity contribution >= 4 is 12.2 Å². The Labute approximate surface area is 150 Å². The molecular formula is C19H22F3N3O. The van der Waals surface area contributed by atoms with Gasteiger partial charge < -0.3 is 5.32 Å². The lowest BCUT2D eigenvalue weighted by Crippen LogP contribution is -2.61. The van der Waals surface area contributed by atoms with Crippen molar-refractivity contribution in [3.05, 3.63) is 35.4 Å². The first-order valence-electron chi connectivity index (χ1n) is 9.10. The Bertz CT molecular complexity index is 694. The number of nitrogens with zero attached hydrogens (tertiary/aromatic N) is 1. The van der Waals surface area contributed by atoms with Gasteiger partial charge in [-0.2, -0.15) is 18.3 Å². The summed E-state index contributed by atoms with van der Waals surface area (Å²) < 4.78 is 38.1. The summed E-state index contributed by atoms with van der Waals surface area (Å²) in [5.74, 6) is 2.15. The number of urea groups is 1. The highest BCUT2D eigenvalue weighted by atomic mass is 19.4. The van der Waals surface area contributed by atoms with E-state index in [0.29, 0.717) is 0 Å². The number of nitrogens with one attached hydrogen (secondary N) is 2. The van der Waals surface area contributed by atoms with Gasteiger partial charge in [0.1, 0.15) is 0 Å². The second-order valence-corrected chi connectivity index (χ2v) is 8.15. The zero-order chi connectivity index (χ0) is 18.4. The summed E-state index contributed by atoms with van der Waals surface area (Å²) >= 11 is 0. The molecule has 4 aliphatic rings. The number of hydrazone groups is 1. The van der Waals surface area contributed by atoms with E-state index in [1.165, 1.54) is 37.6 Å². The zero-order valence-electron chi connectivity index (χ0n) is 14.4. The maximum atomic E-state index is 12.7. The molecule has 0 aromatic heterocycles. The molecule has 0 atom stereocenters. The Morgan fingerprint density at radius 2 is 1.73 bits per heavy atom. The van der Waals surface area contributed by atoms with Crippen LogP contribution in [0, 0.1) is 17.8 Å². The molecule has 4 fully saturated rings. The molecule has 0 heterocycles. The summed E-state index contributed by atoms with van der Waals surface area (Å²) in [6, 6.07) is 4.46. The molecule has 2 N–H and O–H groups in total. The fraction of sp³-hybridized carbons (Fsp3) is 0.579. The second-order valence-electron chi connectivity index (χ2n) is 8.15. The third kappa shape index (κ3) is 3.57. The topological polar surface area (TPSA) is 53.5 Å². The van der Waals surface area contributed by atoms with Crippen LogP contribution < -0.4 is 10.7 Å². The van der Waals surface area contributed by atoms with Crippen molar-refractivity contribution in [2.24, 2.45) is 22.9 Å². The molecule has 1 aromatic rings. The Morgan fingerprint density at radius 3 is 2.31 bits per heavy atom. The van der Waals surface area contributed by atoms with Crippen molar-refractivity contribution in [1.82, 2.24) is 10.7 Å². The van der Waals surface area contributed by atoms with Crippen LogP contribution in [0.1, 0.15) is 49.7 Å². The molecule has 5 rings (SSSR count). The van der Waals surface area contributed by atoms with Gasteiger partial charge in [-0.15, -0.1) is 0 Å². The Hall–Kier alpha value is -2.05. The molecule has 140 valence electrons. The summed E-state index contributed by atoms with van der Waals surface area (Å²) in [6.07, 6.45) is 3.79. The van der Waals surface area contributed by atoms with E-state index in [0.717, 1.165) is 49.1 Å². The number of halogens is 3. The highest BCUT2D eigenvalue weighted by Gasteiger charge is 2.51. The number of rotatable bonds is 3. The van der Waals surface area contributed by atoms with Gasteiger partial charge in [-0.3, -0.25) is 0 Å². The molecule has 0 spiro atoms. The fourth-order valence-electron chi connectivity index (χ4n) is 5.49. The van der Waals surface area contributed by atoms with Crippen molar-refractivity contribution in [3.8, 4) is 0 Å². The summed E-state index contributed by atoms with van der Waals surface area (Å²) in [6.45, 7) is 0. The smallest absolute Gasteiger partial charge is 0.331 e. The van der Waals surface area contributed by atoms with Gasteiger partial charge in [-0.05, 0) is 74.0 Å². The fourth-order valence-corrected chi connectivity index (χ4v) is 5.49. The number of alkyl halides is 3. The first-order valence-corrected chi connectivity index (χ1v) is 9.10. The SMILES string of the molecule is O=C(N/N=C\c1cccc(C(F)(F)F)c1)NC12CC3CC(CC(C3)C1)C2. The summed E-state index contributed by atoms with van der Waals surface area (Å²) in [7, 11) is 0. The molecule has 26 heavy (non-hydrogen) atoms. The molecule has 4 aliphatic carbocycles. The predicted molar refractivity (Wildman–Crippen MR) is 91.6 cm³/mol. The zero-order valence-corrected chi connectivity index (χ0v) is 14.4. The lowest BCUT2D eigenvalue weighted by molar-refractivity contribution is -0.137. The third-order valence-electron chi connectivity index (χ3n) is 6.01.